The molecular formula is C27H35N3O2. The number of ketones is 1. The van der Waals surface area contributed by atoms with Crippen LogP contribution >= 0.6 is 0 Å². The van der Waals surface area contributed by atoms with Crippen molar-refractivity contribution in [1.82, 2.24) is 10.6 Å². The van der Waals surface area contributed by atoms with Gasteiger partial charge in [-0.15, -0.1) is 0 Å². The summed E-state index contributed by atoms with van der Waals surface area (Å²) in [6.07, 6.45) is 6.18. The van der Waals surface area contributed by atoms with Crippen molar-refractivity contribution in [3.8, 4) is 16.9 Å². The number of nitrogens with two attached hydrogens (primary N) is 1. The first kappa shape index (κ1) is 23.6. The number of hydrogen-bond donors (Lipinski definition) is 3. The Morgan fingerprint density at radius 2 is 1.94 bits per heavy atom. The smallest absolute Gasteiger partial charge is 0.163 e. The highest BCUT2D eigenvalue weighted by atomic mass is 16.5. The van der Waals surface area contributed by atoms with Gasteiger partial charge in [-0.2, -0.15) is 0 Å². The van der Waals surface area contributed by atoms with E-state index in [4.69, 9.17) is 10.5 Å². The summed E-state index contributed by atoms with van der Waals surface area (Å²) in [5, 5.41) is 6.77. The lowest BCUT2D eigenvalue weighted by Crippen LogP contribution is -2.38. The summed E-state index contributed by atoms with van der Waals surface area (Å²) in [7, 11) is 1.68. The van der Waals surface area contributed by atoms with Crippen molar-refractivity contribution in [2.75, 3.05) is 20.2 Å². The summed E-state index contributed by atoms with van der Waals surface area (Å²) in [4.78, 5) is 12.9. The van der Waals surface area contributed by atoms with Crippen LogP contribution in [0, 0.1) is 13.8 Å². The van der Waals surface area contributed by atoms with Crippen LogP contribution in [0.5, 0.6) is 5.75 Å². The summed E-state index contributed by atoms with van der Waals surface area (Å²) in [5.74, 6) is 0.887. The molecule has 3 rings (SSSR count). The Morgan fingerprint density at radius 1 is 1.19 bits per heavy atom. The molecule has 0 aromatic heterocycles. The van der Waals surface area contributed by atoms with E-state index in [2.05, 4.69) is 41.8 Å². The fourth-order valence-corrected chi connectivity index (χ4v) is 4.16. The molecular weight excluding hydrogens is 398 g/mol. The number of benzene rings is 2. The molecule has 0 spiro atoms. The lowest BCUT2D eigenvalue weighted by Gasteiger charge is -2.23. The van der Waals surface area contributed by atoms with Crippen molar-refractivity contribution in [3.05, 3.63) is 71.1 Å². The van der Waals surface area contributed by atoms with Gasteiger partial charge in [0.1, 0.15) is 5.75 Å². The quantitative estimate of drug-likeness (QED) is 0.423. The van der Waals surface area contributed by atoms with Gasteiger partial charge in [0.05, 0.1) is 7.11 Å². The van der Waals surface area contributed by atoms with Gasteiger partial charge in [-0.1, -0.05) is 31.2 Å². The molecule has 0 amide bonds. The van der Waals surface area contributed by atoms with Gasteiger partial charge in [0, 0.05) is 35.5 Å². The topological polar surface area (TPSA) is 76.4 Å². The van der Waals surface area contributed by atoms with Crippen molar-refractivity contribution in [1.29, 1.82) is 0 Å². The Morgan fingerprint density at radius 3 is 2.62 bits per heavy atom. The number of methoxy groups -OCH3 is 1. The van der Waals surface area contributed by atoms with E-state index in [-0.39, 0.29) is 5.78 Å². The van der Waals surface area contributed by atoms with E-state index < -0.39 is 0 Å². The average molecular weight is 434 g/mol. The first-order chi connectivity index (χ1) is 15.4. The van der Waals surface area contributed by atoms with Gasteiger partial charge in [0.25, 0.3) is 0 Å². The molecule has 0 saturated carbocycles. The highest BCUT2D eigenvalue weighted by Crippen LogP contribution is 2.35. The number of nitrogens with one attached hydrogen (secondary N) is 2. The number of carbonyl (C=O) groups is 1. The summed E-state index contributed by atoms with van der Waals surface area (Å²) >= 11 is 0. The monoisotopic (exact) mass is 433 g/mol. The molecule has 32 heavy (non-hydrogen) atoms. The van der Waals surface area contributed by atoms with E-state index in [0.717, 1.165) is 59.5 Å². The normalized spacial score (nSPS) is 15.5. The zero-order valence-corrected chi connectivity index (χ0v) is 19.6. The highest BCUT2D eigenvalue weighted by molar-refractivity contribution is 6.21. The second-order valence-electron chi connectivity index (χ2n) is 8.35. The molecule has 0 aliphatic carbocycles. The number of hydrogen-bond acceptors (Lipinski definition) is 5. The summed E-state index contributed by atoms with van der Waals surface area (Å²) in [6, 6.07) is 12.6. The second-order valence-corrected chi connectivity index (χ2v) is 8.35. The average Bonchev–Trinajstić information content (AvgIpc) is 2.82. The van der Waals surface area contributed by atoms with Crippen molar-refractivity contribution >= 4 is 11.4 Å². The molecule has 0 atom stereocenters. The van der Waals surface area contributed by atoms with Crippen molar-refractivity contribution < 1.29 is 9.53 Å². The molecule has 2 aromatic rings. The second kappa shape index (κ2) is 11.0. The van der Waals surface area contributed by atoms with E-state index in [9.17, 15) is 4.79 Å². The largest absolute Gasteiger partial charge is 0.496 e. The third-order valence-corrected chi connectivity index (χ3v) is 6.03. The van der Waals surface area contributed by atoms with Crippen LogP contribution in [0.3, 0.4) is 0 Å². The molecule has 0 bridgehead atoms. The Labute approximate surface area is 191 Å². The third kappa shape index (κ3) is 5.60. The van der Waals surface area contributed by atoms with Gasteiger partial charge < -0.3 is 21.1 Å². The van der Waals surface area contributed by atoms with Crippen LogP contribution in [-0.2, 0) is 4.79 Å². The van der Waals surface area contributed by atoms with E-state index in [1.54, 1.807) is 13.2 Å². The molecule has 4 N–H and O–H groups in total. The van der Waals surface area contributed by atoms with Gasteiger partial charge >= 0.3 is 0 Å². The number of Topliss-reactive ketones (excluding diaryl/α,β-unsaturated/α-hetero) is 1. The molecule has 1 fully saturated rings. The van der Waals surface area contributed by atoms with Crippen molar-refractivity contribution in [2.45, 2.75) is 46.1 Å². The van der Waals surface area contributed by atoms with Gasteiger partial charge in [-0.25, -0.2) is 0 Å². The summed E-state index contributed by atoms with van der Waals surface area (Å²) < 4.78 is 5.61. The Hall–Kier alpha value is -3.05. The number of aryl methyl sites for hydroxylation is 2. The Kier molecular flexibility index (Phi) is 8.12. The van der Waals surface area contributed by atoms with Gasteiger partial charge in [0.15, 0.2) is 5.78 Å². The molecule has 2 aromatic carbocycles. The third-order valence-electron chi connectivity index (χ3n) is 6.03. The first-order valence-electron chi connectivity index (χ1n) is 11.4. The minimum absolute atomic E-state index is 0.0696. The molecule has 0 unspecified atom stereocenters. The summed E-state index contributed by atoms with van der Waals surface area (Å²) in [5.41, 5.74) is 12.6. The number of allylic oxidation sites excluding steroid dienone is 2. The van der Waals surface area contributed by atoms with E-state index in [1.165, 1.54) is 0 Å². The molecule has 1 aliphatic rings. The molecule has 1 aliphatic heterocycles. The minimum atomic E-state index is 0.0696. The fourth-order valence-electron chi connectivity index (χ4n) is 4.16. The SMILES string of the molecule is CCC(=O)/C(=C/C(N)=C/NC1CCNCC1)c1cc(-c2c(C)cccc2OC)ccc1C. The summed E-state index contributed by atoms with van der Waals surface area (Å²) in [6.45, 7) is 7.99. The maximum Gasteiger partial charge on any atom is 0.163 e. The predicted octanol–water partition coefficient (Wildman–Crippen LogP) is 4.48. The maximum atomic E-state index is 12.9. The van der Waals surface area contributed by atoms with Crippen LogP contribution in [0.1, 0.15) is 42.9 Å². The number of ether oxygens (including phenoxy) is 1. The Bertz CT molecular complexity index is 1020. The van der Waals surface area contributed by atoms with E-state index >= 15 is 0 Å². The van der Waals surface area contributed by atoms with Crippen LogP contribution in [0.2, 0.25) is 0 Å². The number of piperidine rings is 1. The zero-order chi connectivity index (χ0) is 23.1. The van der Waals surface area contributed by atoms with Crippen LogP contribution in [0.25, 0.3) is 16.7 Å². The highest BCUT2D eigenvalue weighted by Gasteiger charge is 2.17. The minimum Gasteiger partial charge on any atom is -0.496 e. The van der Waals surface area contributed by atoms with Gasteiger partial charge in [0.2, 0.25) is 0 Å². The van der Waals surface area contributed by atoms with Crippen LogP contribution in [-0.4, -0.2) is 32.0 Å². The number of rotatable bonds is 8. The molecule has 5 nitrogen and oxygen atoms in total. The van der Waals surface area contributed by atoms with E-state index in [1.807, 2.05) is 32.2 Å². The Balaban J connectivity index is 2.00. The molecule has 1 saturated heterocycles. The first-order valence-corrected chi connectivity index (χ1v) is 11.4. The van der Waals surface area contributed by atoms with E-state index in [0.29, 0.717) is 23.7 Å². The molecule has 170 valence electrons. The van der Waals surface area contributed by atoms with Crippen LogP contribution in [0.4, 0.5) is 0 Å². The van der Waals surface area contributed by atoms with Gasteiger partial charge in [-0.3, -0.25) is 4.79 Å². The zero-order valence-electron chi connectivity index (χ0n) is 19.6. The molecule has 5 heteroatoms. The fraction of sp³-hybridized carbons (Fsp3) is 0.370. The van der Waals surface area contributed by atoms with Crippen molar-refractivity contribution in [3.63, 3.8) is 0 Å². The van der Waals surface area contributed by atoms with Crippen LogP contribution < -0.4 is 21.1 Å². The molecule has 1 heterocycles. The lowest BCUT2D eigenvalue weighted by molar-refractivity contribution is -0.113. The standard InChI is InChI=1S/C27H35N3O2/c1-5-25(31)24(16-21(28)17-30-22-11-13-29-14-12-22)23-15-20(10-9-18(23)2)27-19(3)7-6-8-26(27)32-4/h6-10,15-17,22,29-30H,5,11-14,28H2,1-4H3/b21-17-,24-16+. The number of carbonyl (C=O) groups excluding carboxylic acids is 1. The predicted molar refractivity (Wildman–Crippen MR) is 132 cm³/mol. The lowest BCUT2D eigenvalue weighted by atomic mass is 9.90. The molecule has 0 radical (unpaired) electrons. The van der Waals surface area contributed by atoms with Crippen LogP contribution in [0.15, 0.2) is 54.4 Å². The van der Waals surface area contributed by atoms with Gasteiger partial charge in [-0.05, 0) is 80.2 Å². The van der Waals surface area contributed by atoms with Crippen molar-refractivity contribution in [2.24, 2.45) is 5.73 Å². The maximum absolute atomic E-state index is 12.9.